The molecule has 0 aliphatic carbocycles. The summed E-state index contributed by atoms with van der Waals surface area (Å²) in [5.41, 5.74) is 7.00. The van der Waals surface area contributed by atoms with Crippen LogP contribution in [-0.4, -0.2) is 22.0 Å². The van der Waals surface area contributed by atoms with Gasteiger partial charge < -0.3 is 9.73 Å². The van der Waals surface area contributed by atoms with Crippen molar-refractivity contribution in [3.8, 4) is 22.6 Å². The molecule has 0 bridgehead atoms. The molecule has 0 aliphatic rings. The second-order valence-corrected chi connectivity index (χ2v) is 9.69. The Bertz CT molecular complexity index is 1680. The second kappa shape index (κ2) is 11.3. The molecular formula is C28H20ClN5O4S. The van der Waals surface area contributed by atoms with Gasteiger partial charge in [0.25, 0.3) is 11.6 Å². The Kier molecular flexibility index (Phi) is 7.48. The number of carbonyl (C=O) groups is 1. The maximum Gasteiger partial charge on any atom is 0.271 e. The first-order valence-electron chi connectivity index (χ1n) is 11.6. The molecule has 0 spiro atoms. The van der Waals surface area contributed by atoms with E-state index >= 15 is 0 Å². The number of hydrazone groups is 1. The molecule has 0 fully saturated rings. The molecule has 0 unspecified atom stereocenters. The third-order valence-electron chi connectivity index (χ3n) is 5.66. The highest BCUT2D eigenvalue weighted by Gasteiger charge is 2.14. The number of anilines is 2. The van der Waals surface area contributed by atoms with E-state index in [0.717, 1.165) is 22.1 Å². The number of thiazole rings is 1. The highest BCUT2D eigenvalue weighted by atomic mass is 35.5. The Hall–Kier alpha value is -4.80. The summed E-state index contributed by atoms with van der Waals surface area (Å²) in [6, 6.07) is 22.4. The van der Waals surface area contributed by atoms with Crippen LogP contribution in [0.15, 0.2) is 93.8 Å². The number of benzene rings is 3. The number of carbonyl (C=O) groups excluding carboxylic acids is 1. The number of nitrogens with zero attached hydrogens (tertiary/aromatic N) is 3. The quantitative estimate of drug-likeness (QED) is 0.116. The van der Waals surface area contributed by atoms with Crippen molar-refractivity contribution >= 4 is 51.6 Å². The minimum absolute atomic E-state index is 0.103. The standard InChI is InChI=1S/C28H20ClN5O4S/c1-17-2-8-20(9-3-17)31-28-32-25(16-39-28)18-4-6-19(7-5-18)27(35)33-30-15-22-11-13-26(38-22)23-14-21(34(36)37)10-12-24(23)29/h2-16H,1H3,(H,31,32)(H,33,35)/b30-15-. The zero-order chi connectivity index (χ0) is 27.4. The Balaban J connectivity index is 1.19. The van der Waals surface area contributed by atoms with Crippen LogP contribution in [0.3, 0.4) is 0 Å². The van der Waals surface area contributed by atoms with E-state index in [1.165, 1.54) is 41.3 Å². The number of furan rings is 1. The zero-order valence-corrected chi connectivity index (χ0v) is 22.0. The number of nitro benzene ring substituents is 1. The summed E-state index contributed by atoms with van der Waals surface area (Å²) in [5.74, 6) is 0.277. The van der Waals surface area contributed by atoms with E-state index in [1.54, 1.807) is 24.3 Å². The molecule has 1 amide bonds. The molecule has 9 nitrogen and oxygen atoms in total. The zero-order valence-electron chi connectivity index (χ0n) is 20.4. The van der Waals surface area contributed by atoms with Gasteiger partial charge in [-0.15, -0.1) is 11.3 Å². The van der Waals surface area contributed by atoms with Crippen LogP contribution in [0.1, 0.15) is 21.7 Å². The number of aryl methyl sites for hydroxylation is 1. The number of nitro groups is 1. The third kappa shape index (κ3) is 6.20. The van der Waals surface area contributed by atoms with Crippen LogP contribution in [-0.2, 0) is 0 Å². The number of hydrogen-bond donors (Lipinski definition) is 2. The van der Waals surface area contributed by atoms with E-state index in [-0.39, 0.29) is 5.69 Å². The van der Waals surface area contributed by atoms with Crippen molar-refractivity contribution in [1.29, 1.82) is 0 Å². The SMILES string of the molecule is Cc1ccc(Nc2nc(-c3ccc(C(=O)N/N=C\c4ccc(-c5cc([N+](=O)[O-])ccc5Cl)o4)cc3)cs2)cc1. The Labute approximate surface area is 231 Å². The Morgan fingerprint density at radius 2 is 1.85 bits per heavy atom. The molecule has 11 heteroatoms. The lowest BCUT2D eigenvalue weighted by Gasteiger charge is -2.03. The van der Waals surface area contributed by atoms with Gasteiger partial charge in [-0.05, 0) is 49.4 Å². The number of non-ortho nitro benzene ring substituents is 1. The predicted molar refractivity (Wildman–Crippen MR) is 153 cm³/mol. The van der Waals surface area contributed by atoms with E-state index in [0.29, 0.717) is 27.7 Å². The first kappa shape index (κ1) is 25.8. The van der Waals surface area contributed by atoms with Gasteiger partial charge in [0.2, 0.25) is 0 Å². The summed E-state index contributed by atoms with van der Waals surface area (Å²) in [7, 11) is 0. The van der Waals surface area contributed by atoms with Gasteiger partial charge in [-0.25, -0.2) is 10.4 Å². The number of rotatable bonds is 8. The third-order valence-corrected chi connectivity index (χ3v) is 6.75. The normalized spacial score (nSPS) is 11.0. The first-order valence-corrected chi connectivity index (χ1v) is 12.9. The van der Waals surface area contributed by atoms with Crippen LogP contribution in [0.2, 0.25) is 5.02 Å². The fraction of sp³-hybridized carbons (Fsp3) is 0.0357. The van der Waals surface area contributed by atoms with E-state index < -0.39 is 10.8 Å². The van der Waals surface area contributed by atoms with Gasteiger partial charge >= 0.3 is 0 Å². The molecule has 2 heterocycles. The summed E-state index contributed by atoms with van der Waals surface area (Å²) in [6.07, 6.45) is 1.33. The van der Waals surface area contributed by atoms with E-state index in [1.807, 2.05) is 48.7 Å². The highest BCUT2D eigenvalue weighted by molar-refractivity contribution is 7.14. The van der Waals surface area contributed by atoms with Crippen LogP contribution in [0, 0.1) is 17.0 Å². The molecule has 39 heavy (non-hydrogen) atoms. The molecule has 0 radical (unpaired) electrons. The van der Waals surface area contributed by atoms with Crippen molar-refractivity contribution < 1.29 is 14.1 Å². The lowest BCUT2D eigenvalue weighted by atomic mass is 10.1. The maximum atomic E-state index is 12.5. The van der Waals surface area contributed by atoms with E-state index in [9.17, 15) is 14.9 Å². The summed E-state index contributed by atoms with van der Waals surface area (Å²) in [4.78, 5) is 27.7. The summed E-state index contributed by atoms with van der Waals surface area (Å²) >= 11 is 7.67. The van der Waals surface area contributed by atoms with E-state index in [2.05, 4.69) is 20.8 Å². The first-order chi connectivity index (χ1) is 18.9. The van der Waals surface area contributed by atoms with Crippen molar-refractivity contribution in [2.75, 3.05) is 5.32 Å². The molecule has 194 valence electrons. The lowest BCUT2D eigenvalue weighted by Crippen LogP contribution is -2.17. The van der Waals surface area contributed by atoms with Gasteiger partial charge in [-0.3, -0.25) is 14.9 Å². The maximum absolute atomic E-state index is 12.5. The molecule has 5 aromatic rings. The average molecular weight is 558 g/mol. The fourth-order valence-electron chi connectivity index (χ4n) is 3.62. The van der Waals surface area contributed by atoms with Gasteiger partial charge in [-0.2, -0.15) is 5.10 Å². The number of amides is 1. The number of halogens is 1. The molecular weight excluding hydrogens is 538 g/mol. The largest absolute Gasteiger partial charge is 0.455 e. The smallest absolute Gasteiger partial charge is 0.271 e. The predicted octanol–water partition coefficient (Wildman–Crippen LogP) is 7.45. The van der Waals surface area contributed by atoms with Gasteiger partial charge in [-0.1, -0.05) is 41.4 Å². The number of hydrogen-bond acceptors (Lipinski definition) is 8. The van der Waals surface area contributed by atoms with Crippen molar-refractivity contribution in [2.24, 2.45) is 5.10 Å². The molecule has 0 aliphatic heterocycles. The summed E-state index contributed by atoms with van der Waals surface area (Å²) in [5, 5.41) is 21.3. The topological polar surface area (TPSA) is 123 Å². The molecule has 0 atom stereocenters. The lowest BCUT2D eigenvalue weighted by molar-refractivity contribution is -0.384. The minimum Gasteiger partial charge on any atom is -0.455 e. The summed E-state index contributed by atoms with van der Waals surface area (Å²) < 4.78 is 5.66. The van der Waals surface area contributed by atoms with Crippen molar-refractivity contribution in [2.45, 2.75) is 6.92 Å². The monoisotopic (exact) mass is 557 g/mol. The minimum atomic E-state index is -0.509. The van der Waals surface area contributed by atoms with Crippen LogP contribution in [0.25, 0.3) is 22.6 Å². The number of nitrogens with one attached hydrogen (secondary N) is 2. The van der Waals surface area contributed by atoms with Gasteiger partial charge in [0, 0.05) is 39.9 Å². The Morgan fingerprint density at radius 1 is 1.08 bits per heavy atom. The van der Waals surface area contributed by atoms with Crippen LogP contribution < -0.4 is 10.7 Å². The van der Waals surface area contributed by atoms with E-state index in [4.69, 9.17) is 16.0 Å². The number of aromatic nitrogens is 1. The molecule has 2 N–H and O–H groups in total. The molecule has 0 saturated heterocycles. The van der Waals surface area contributed by atoms with Crippen LogP contribution >= 0.6 is 22.9 Å². The van der Waals surface area contributed by atoms with Gasteiger partial charge in [0.15, 0.2) is 5.13 Å². The molecule has 0 saturated carbocycles. The molecule has 3 aromatic carbocycles. The molecule has 2 aromatic heterocycles. The highest BCUT2D eigenvalue weighted by Crippen LogP contribution is 2.32. The summed E-state index contributed by atoms with van der Waals surface area (Å²) in [6.45, 7) is 2.04. The Morgan fingerprint density at radius 3 is 2.59 bits per heavy atom. The van der Waals surface area contributed by atoms with Gasteiger partial charge in [0.05, 0.1) is 21.9 Å². The second-order valence-electron chi connectivity index (χ2n) is 8.43. The molecule has 5 rings (SSSR count). The van der Waals surface area contributed by atoms with Crippen LogP contribution in [0.5, 0.6) is 0 Å². The average Bonchev–Trinajstić information content (AvgIpc) is 3.60. The van der Waals surface area contributed by atoms with Crippen molar-refractivity contribution in [1.82, 2.24) is 10.4 Å². The van der Waals surface area contributed by atoms with Crippen molar-refractivity contribution in [3.63, 3.8) is 0 Å². The fourth-order valence-corrected chi connectivity index (χ4v) is 4.57. The van der Waals surface area contributed by atoms with Crippen LogP contribution in [0.4, 0.5) is 16.5 Å². The van der Waals surface area contributed by atoms with Gasteiger partial charge in [0.1, 0.15) is 11.5 Å². The van der Waals surface area contributed by atoms with Crippen molar-refractivity contribution in [3.05, 3.63) is 116 Å².